The van der Waals surface area contributed by atoms with E-state index in [2.05, 4.69) is 29.3 Å². The van der Waals surface area contributed by atoms with Crippen molar-refractivity contribution in [3.05, 3.63) is 91.0 Å². The molecular formula is C26H26N2O2. The number of ether oxygens (including phenoxy) is 1. The number of hydrogen-bond donors (Lipinski definition) is 0. The summed E-state index contributed by atoms with van der Waals surface area (Å²) in [4.78, 5) is 13.6. The minimum absolute atomic E-state index is 0.0217. The molecule has 5 rings (SSSR count). The van der Waals surface area contributed by atoms with Crippen molar-refractivity contribution in [3.8, 4) is 5.75 Å². The van der Waals surface area contributed by atoms with Crippen LogP contribution < -0.4 is 9.75 Å². The lowest BCUT2D eigenvalue weighted by molar-refractivity contribution is -0.186. The molecule has 0 bridgehead atoms. The minimum Gasteiger partial charge on any atom is -0.478 e. The van der Waals surface area contributed by atoms with Gasteiger partial charge in [-0.25, -0.2) is 5.01 Å². The maximum atomic E-state index is 13.6. The summed E-state index contributed by atoms with van der Waals surface area (Å²) in [5, 5.41) is 4.06. The molecule has 2 aliphatic rings. The monoisotopic (exact) mass is 398 g/mol. The van der Waals surface area contributed by atoms with E-state index < -0.39 is 6.10 Å². The van der Waals surface area contributed by atoms with Crippen LogP contribution in [0, 0.1) is 0 Å². The summed E-state index contributed by atoms with van der Waals surface area (Å²) in [6.45, 7) is 0. The van der Waals surface area contributed by atoms with E-state index in [-0.39, 0.29) is 11.4 Å². The first-order valence-electron chi connectivity index (χ1n) is 10.8. The molecule has 3 aromatic carbocycles. The van der Waals surface area contributed by atoms with Gasteiger partial charge in [0.25, 0.3) is 5.91 Å². The molecule has 0 unspecified atom stereocenters. The number of para-hydroxylation sites is 3. The van der Waals surface area contributed by atoms with Gasteiger partial charge in [0.05, 0.1) is 11.4 Å². The third-order valence-electron chi connectivity index (χ3n) is 6.26. The Balaban J connectivity index is 1.56. The molecule has 4 heteroatoms. The maximum absolute atomic E-state index is 13.6. The smallest absolute Gasteiger partial charge is 0.285 e. The van der Waals surface area contributed by atoms with Crippen molar-refractivity contribution in [1.82, 2.24) is 5.01 Å². The average molecular weight is 399 g/mol. The lowest BCUT2D eigenvalue weighted by atomic mass is 9.71. The van der Waals surface area contributed by atoms with E-state index in [9.17, 15) is 4.79 Å². The fourth-order valence-electron chi connectivity index (χ4n) is 4.85. The van der Waals surface area contributed by atoms with Crippen LogP contribution in [0.3, 0.4) is 0 Å². The van der Waals surface area contributed by atoms with Gasteiger partial charge in [-0.2, -0.15) is 0 Å². The Hall–Kier alpha value is -3.27. The molecule has 152 valence electrons. The topological polar surface area (TPSA) is 32.8 Å². The minimum atomic E-state index is -0.449. The molecule has 1 spiro atoms. The molecule has 30 heavy (non-hydrogen) atoms. The van der Waals surface area contributed by atoms with Crippen LogP contribution in [0.25, 0.3) is 0 Å². The zero-order valence-electron chi connectivity index (χ0n) is 17.0. The molecule has 4 nitrogen and oxygen atoms in total. The summed E-state index contributed by atoms with van der Waals surface area (Å²) in [5.41, 5.74) is 1.65. The first kappa shape index (κ1) is 18.7. The number of hydrogen-bond acceptors (Lipinski definition) is 3. The molecule has 1 amide bonds. The molecule has 1 heterocycles. The standard InChI is InChI=1S/C26H26N2O2/c29-25-24(30-23-17-9-3-10-18-23)26(19-11-4-12-20-26)28(25)27(21-13-5-1-6-14-21)22-15-7-2-8-16-22/h1-3,5-10,13-18,24H,4,11-12,19-20H2/t24-/m1/s1. The molecule has 1 aliphatic heterocycles. The summed E-state index contributed by atoms with van der Waals surface area (Å²) in [7, 11) is 0. The van der Waals surface area contributed by atoms with Crippen molar-refractivity contribution < 1.29 is 9.53 Å². The largest absolute Gasteiger partial charge is 0.478 e. The number of benzene rings is 3. The van der Waals surface area contributed by atoms with Crippen molar-refractivity contribution in [2.24, 2.45) is 0 Å². The van der Waals surface area contributed by atoms with Gasteiger partial charge >= 0.3 is 0 Å². The Bertz CT molecular complexity index is 946. The predicted molar refractivity (Wildman–Crippen MR) is 119 cm³/mol. The maximum Gasteiger partial charge on any atom is 0.285 e. The third-order valence-corrected chi connectivity index (χ3v) is 6.26. The predicted octanol–water partition coefficient (Wildman–Crippen LogP) is 5.73. The van der Waals surface area contributed by atoms with Gasteiger partial charge < -0.3 is 4.74 Å². The van der Waals surface area contributed by atoms with E-state index >= 15 is 0 Å². The highest BCUT2D eigenvalue weighted by molar-refractivity contribution is 5.93. The Labute approximate surface area is 177 Å². The second-order valence-corrected chi connectivity index (χ2v) is 8.11. The van der Waals surface area contributed by atoms with Gasteiger partial charge in [-0.3, -0.25) is 9.80 Å². The number of rotatable bonds is 5. The summed E-state index contributed by atoms with van der Waals surface area (Å²) in [5.74, 6) is 0.778. The summed E-state index contributed by atoms with van der Waals surface area (Å²) in [6.07, 6.45) is 4.87. The van der Waals surface area contributed by atoms with E-state index in [1.807, 2.05) is 71.7 Å². The van der Waals surface area contributed by atoms with E-state index in [4.69, 9.17) is 4.74 Å². The number of carbonyl (C=O) groups excluding carboxylic acids is 1. The van der Waals surface area contributed by atoms with Crippen molar-refractivity contribution in [2.75, 3.05) is 5.01 Å². The van der Waals surface area contributed by atoms with Gasteiger partial charge in [-0.05, 0) is 49.2 Å². The number of β-lactam (4-membered cyclic amide) rings is 1. The molecule has 1 aliphatic carbocycles. The van der Waals surface area contributed by atoms with E-state index in [0.29, 0.717) is 0 Å². The van der Waals surface area contributed by atoms with Crippen molar-refractivity contribution in [1.29, 1.82) is 0 Å². The van der Waals surface area contributed by atoms with E-state index in [1.54, 1.807) is 0 Å². The fourth-order valence-corrected chi connectivity index (χ4v) is 4.85. The highest BCUT2D eigenvalue weighted by Crippen LogP contribution is 2.49. The summed E-state index contributed by atoms with van der Waals surface area (Å²) >= 11 is 0. The van der Waals surface area contributed by atoms with Crippen molar-refractivity contribution >= 4 is 17.3 Å². The second kappa shape index (κ2) is 7.86. The lowest BCUT2D eigenvalue weighted by Gasteiger charge is -2.61. The number of amides is 1. The van der Waals surface area contributed by atoms with Crippen LogP contribution >= 0.6 is 0 Å². The first-order valence-corrected chi connectivity index (χ1v) is 10.8. The fraction of sp³-hybridized carbons (Fsp3) is 0.269. The van der Waals surface area contributed by atoms with Gasteiger partial charge in [0.1, 0.15) is 11.3 Å². The van der Waals surface area contributed by atoms with Crippen LogP contribution in [0.2, 0.25) is 0 Å². The quantitative estimate of drug-likeness (QED) is 0.514. The second-order valence-electron chi connectivity index (χ2n) is 8.11. The van der Waals surface area contributed by atoms with Gasteiger partial charge in [0.15, 0.2) is 0 Å². The lowest BCUT2D eigenvalue weighted by Crippen LogP contribution is -2.80. The molecule has 2 fully saturated rings. The van der Waals surface area contributed by atoms with E-state index in [0.717, 1.165) is 42.8 Å². The molecule has 3 aromatic rings. The van der Waals surface area contributed by atoms with Crippen LogP contribution in [0.15, 0.2) is 91.0 Å². The Morgan fingerprint density at radius 3 is 1.77 bits per heavy atom. The number of anilines is 2. The molecule has 0 aromatic heterocycles. The first-order chi connectivity index (χ1) is 14.8. The zero-order chi connectivity index (χ0) is 20.4. The van der Waals surface area contributed by atoms with Crippen LogP contribution in [0.1, 0.15) is 32.1 Å². The normalized spacial score (nSPS) is 19.9. The SMILES string of the molecule is O=C1[C@@H](Oc2ccccc2)C2(CCCCC2)N1N(c1ccccc1)c1ccccc1. The summed E-state index contributed by atoms with van der Waals surface area (Å²) < 4.78 is 6.29. The molecule has 0 N–H and O–H groups in total. The summed E-state index contributed by atoms with van der Waals surface area (Å²) in [6, 6.07) is 30.0. The molecule has 1 saturated carbocycles. The molecule has 1 atom stereocenters. The Morgan fingerprint density at radius 1 is 0.733 bits per heavy atom. The highest BCUT2D eigenvalue weighted by Gasteiger charge is 2.64. The van der Waals surface area contributed by atoms with Gasteiger partial charge in [-0.1, -0.05) is 73.9 Å². The van der Waals surface area contributed by atoms with Crippen molar-refractivity contribution in [2.45, 2.75) is 43.7 Å². The average Bonchev–Trinajstić information content (AvgIpc) is 2.83. The molecule has 1 saturated heterocycles. The van der Waals surface area contributed by atoms with Crippen LogP contribution in [0.5, 0.6) is 5.75 Å². The van der Waals surface area contributed by atoms with Crippen LogP contribution in [0.4, 0.5) is 11.4 Å². The molecular weight excluding hydrogens is 372 g/mol. The van der Waals surface area contributed by atoms with Gasteiger partial charge in [0.2, 0.25) is 6.10 Å². The number of nitrogens with zero attached hydrogens (tertiary/aromatic N) is 2. The zero-order valence-corrected chi connectivity index (χ0v) is 17.0. The Morgan fingerprint density at radius 2 is 1.23 bits per heavy atom. The number of carbonyl (C=O) groups is 1. The van der Waals surface area contributed by atoms with Crippen molar-refractivity contribution in [3.63, 3.8) is 0 Å². The molecule has 0 radical (unpaired) electrons. The van der Waals surface area contributed by atoms with E-state index in [1.165, 1.54) is 6.42 Å². The van der Waals surface area contributed by atoms with Gasteiger partial charge in [0, 0.05) is 0 Å². The number of hydrazine groups is 1. The van der Waals surface area contributed by atoms with Crippen LogP contribution in [-0.4, -0.2) is 22.6 Å². The third kappa shape index (κ3) is 3.13. The Kier molecular flexibility index (Phi) is 4.91. The van der Waals surface area contributed by atoms with Gasteiger partial charge in [-0.15, -0.1) is 0 Å². The highest BCUT2D eigenvalue weighted by atomic mass is 16.5. The van der Waals surface area contributed by atoms with Crippen LogP contribution in [-0.2, 0) is 4.79 Å².